The van der Waals surface area contributed by atoms with Crippen molar-refractivity contribution in [3.8, 4) is 6.07 Å². The second kappa shape index (κ2) is 5.16. The molecule has 0 aliphatic carbocycles. The summed E-state index contributed by atoms with van der Waals surface area (Å²) in [5.41, 5.74) is 1.13. The monoisotopic (exact) mass is 222 g/mol. The second-order valence-electron chi connectivity index (χ2n) is 3.70. The predicted octanol–water partition coefficient (Wildman–Crippen LogP) is 3.24. The van der Waals surface area contributed by atoms with E-state index in [2.05, 4.69) is 13.0 Å². The molecule has 0 fully saturated rings. The molecule has 2 atom stereocenters. The molecule has 0 amide bonds. The van der Waals surface area contributed by atoms with E-state index >= 15 is 0 Å². The van der Waals surface area contributed by atoms with E-state index in [9.17, 15) is 0 Å². The molecule has 2 unspecified atom stereocenters. The summed E-state index contributed by atoms with van der Waals surface area (Å²) in [6, 6.07) is 10.1. The normalized spacial score (nSPS) is 14.7. The zero-order valence-corrected chi connectivity index (χ0v) is 9.99. The number of nitrogens with zero attached hydrogens (tertiary/aromatic N) is 2. The third kappa shape index (κ3) is 2.95. The molecule has 80 valence electrons. The molecule has 0 aliphatic heterocycles. The van der Waals surface area contributed by atoms with Crippen LogP contribution in [0, 0.1) is 11.3 Å². The number of nitriles is 1. The Morgan fingerprint density at radius 3 is 2.60 bits per heavy atom. The van der Waals surface area contributed by atoms with Gasteiger partial charge >= 0.3 is 0 Å². The highest BCUT2D eigenvalue weighted by Gasteiger charge is 2.16. The molecule has 1 rings (SSSR count). The first-order valence-corrected chi connectivity index (χ1v) is 5.31. The summed E-state index contributed by atoms with van der Waals surface area (Å²) < 4.78 is 0. The third-order valence-corrected chi connectivity index (χ3v) is 2.97. The molecule has 0 saturated heterocycles. The van der Waals surface area contributed by atoms with E-state index in [1.54, 1.807) is 0 Å². The highest BCUT2D eigenvalue weighted by atomic mass is 35.5. The molecule has 0 spiro atoms. The highest BCUT2D eigenvalue weighted by molar-refractivity contribution is 6.30. The molecule has 2 nitrogen and oxygen atoms in total. The molecule has 1 aromatic rings. The lowest BCUT2D eigenvalue weighted by atomic mass is 10.1. The zero-order valence-electron chi connectivity index (χ0n) is 9.24. The first kappa shape index (κ1) is 12.0. The van der Waals surface area contributed by atoms with Gasteiger partial charge in [-0.25, -0.2) is 0 Å². The summed E-state index contributed by atoms with van der Waals surface area (Å²) in [6.07, 6.45) is 0. The maximum atomic E-state index is 8.84. The topological polar surface area (TPSA) is 27.0 Å². The van der Waals surface area contributed by atoms with E-state index < -0.39 is 0 Å². The SMILES string of the molecule is CC(C#N)N(C)C(C)c1cccc(Cl)c1. The minimum Gasteiger partial charge on any atom is -0.285 e. The number of hydrogen-bond donors (Lipinski definition) is 0. The second-order valence-corrected chi connectivity index (χ2v) is 4.14. The Morgan fingerprint density at radius 2 is 2.07 bits per heavy atom. The van der Waals surface area contributed by atoms with E-state index in [4.69, 9.17) is 16.9 Å². The van der Waals surface area contributed by atoms with Gasteiger partial charge in [0.15, 0.2) is 0 Å². The summed E-state index contributed by atoms with van der Waals surface area (Å²) in [5.74, 6) is 0. The van der Waals surface area contributed by atoms with E-state index in [1.807, 2.05) is 43.1 Å². The van der Waals surface area contributed by atoms with Crippen molar-refractivity contribution in [1.29, 1.82) is 5.26 Å². The third-order valence-electron chi connectivity index (χ3n) is 2.74. The molecular weight excluding hydrogens is 208 g/mol. The molecule has 15 heavy (non-hydrogen) atoms. The van der Waals surface area contributed by atoms with Gasteiger partial charge in [-0.15, -0.1) is 0 Å². The Hall–Kier alpha value is -1.04. The molecule has 0 N–H and O–H groups in total. The Bertz CT molecular complexity index is 370. The maximum Gasteiger partial charge on any atom is 0.0951 e. The van der Waals surface area contributed by atoms with E-state index in [0.29, 0.717) is 0 Å². The number of benzene rings is 1. The Kier molecular flexibility index (Phi) is 4.14. The van der Waals surface area contributed by atoms with Crippen LogP contribution in [-0.2, 0) is 0 Å². The van der Waals surface area contributed by atoms with Crippen LogP contribution >= 0.6 is 11.6 Å². The summed E-state index contributed by atoms with van der Waals surface area (Å²) in [4.78, 5) is 2.02. The van der Waals surface area contributed by atoms with Gasteiger partial charge in [-0.2, -0.15) is 5.26 Å². The van der Waals surface area contributed by atoms with Crippen molar-refractivity contribution in [2.24, 2.45) is 0 Å². The summed E-state index contributed by atoms with van der Waals surface area (Å²) in [7, 11) is 1.94. The predicted molar refractivity (Wildman–Crippen MR) is 62.7 cm³/mol. The number of halogens is 1. The van der Waals surface area contributed by atoms with Gasteiger partial charge in [0.25, 0.3) is 0 Å². The van der Waals surface area contributed by atoms with Crippen molar-refractivity contribution in [3.63, 3.8) is 0 Å². The van der Waals surface area contributed by atoms with Crippen LogP contribution in [0.1, 0.15) is 25.5 Å². The Morgan fingerprint density at radius 1 is 1.40 bits per heavy atom. The molecule has 0 aliphatic rings. The number of rotatable bonds is 3. The van der Waals surface area contributed by atoms with Crippen LogP contribution in [0.25, 0.3) is 0 Å². The van der Waals surface area contributed by atoms with Gasteiger partial charge in [-0.3, -0.25) is 4.90 Å². The molecule has 1 aromatic carbocycles. The van der Waals surface area contributed by atoms with Gasteiger partial charge in [0.05, 0.1) is 12.1 Å². The summed E-state index contributed by atoms with van der Waals surface area (Å²) in [6.45, 7) is 3.96. The minimum atomic E-state index is -0.0982. The Labute approximate surface area is 96.1 Å². The van der Waals surface area contributed by atoms with E-state index in [0.717, 1.165) is 10.6 Å². The molecule has 0 heterocycles. The van der Waals surface area contributed by atoms with Crippen LogP contribution in [0.4, 0.5) is 0 Å². The van der Waals surface area contributed by atoms with Crippen molar-refractivity contribution in [2.75, 3.05) is 7.05 Å². The van der Waals surface area contributed by atoms with Crippen molar-refractivity contribution in [2.45, 2.75) is 25.9 Å². The lowest BCUT2D eigenvalue weighted by Gasteiger charge is -2.27. The van der Waals surface area contributed by atoms with Gasteiger partial charge in [-0.05, 0) is 38.6 Å². The van der Waals surface area contributed by atoms with E-state index in [1.165, 1.54) is 0 Å². The van der Waals surface area contributed by atoms with Crippen molar-refractivity contribution < 1.29 is 0 Å². The van der Waals surface area contributed by atoms with E-state index in [-0.39, 0.29) is 12.1 Å². The van der Waals surface area contributed by atoms with Crippen LogP contribution in [-0.4, -0.2) is 18.0 Å². The van der Waals surface area contributed by atoms with Gasteiger partial charge in [0, 0.05) is 11.1 Å². The Balaban J connectivity index is 2.85. The fourth-order valence-electron chi connectivity index (χ4n) is 1.43. The van der Waals surface area contributed by atoms with Gasteiger partial charge < -0.3 is 0 Å². The quantitative estimate of drug-likeness (QED) is 0.785. The minimum absolute atomic E-state index is 0.0982. The smallest absolute Gasteiger partial charge is 0.0951 e. The first-order chi connectivity index (χ1) is 7.06. The standard InChI is InChI=1S/C12H15ClN2/c1-9(8-14)15(3)10(2)11-5-4-6-12(13)7-11/h4-7,9-10H,1-3H3. The van der Waals surface area contributed by atoms with Crippen LogP contribution in [0.15, 0.2) is 24.3 Å². The molecule has 3 heteroatoms. The average molecular weight is 223 g/mol. The van der Waals surface area contributed by atoms with Crippen LogP contribution in [0.2, 0.25) is 5.02 Å². The molecule has 0 bridgehead atoms. The molecule has 0 saturated carbocycles. The lowest BCUT2D eigenvalue weighted by Crippen LogP contribution is -2.30. The summed E-state index contributed by atoms with van der Waals surface area (Å²) >= 11 is 5.92. The first-order valence-electron chi connectivity index (χ1n) is 4.93. The average Bonchev–Trinajstić information content (AvgIpc) is 2.26. The molecular formula is C12H15ClN2. The van der Waals surface area contributed by atoms with Crippen molar-refractivity contribution in [1.82, 2.24) is 4.90 Å². The van der Waals surface area contributed by atoms with Gasteiger partial charge in [0.1, 0.15) is 0 Å². The zero-order chi connectivity index (χ0) is 11.4. The fourth-order valence-corrected chi connectivity index (χ4v) is 1.63. The molecule has 0 radical (unpaired) electrons. The molecule has 0 aromatic heterocycles. The van der Waals surface area contributed by atoms with Crippen LogP contribution < -0.4 is 0 Å². The van der Waals surface area contributed by atoms with Gasteiger partial charge in [-0.1, -0.05) is 23.7 Å². The summed E-state index contributed by atoms with van der Waals surface area (Å²) in [5, 5.41) is 9.57. The van der Waals surface area contributed by atoms with Gasteiger partial charge in [0.2, 0.25) is 0 Å². The maximum absolute atomic E-state index is 8.84. The fraction of sp³-hybridized carbons (Fsp3) is 0.417. The lowest BCUT2D eigenvalue weighted by molar-refractivity contribution is 0.234. The van der Waals surface area contributed by atoms with Crippen LogP contribution in [0.3, 0.4) is 0 Å². The highest BCUT2D eigenvalue weighted by Crippen LogP contribution is 2.22. The number of hydrogen-bond acceptors (Lipinski definition) is 2. The largest absolute Gasteiger partial charge is 0.285 e. The van der Waals surface area contributed by atoms with Crippen LogP contribution in [0.5, 0.6) is 0 Å². The van der Waals surface area contributed by atoms with Crippen molar-refractivity contribution >= 4 is 11.6 Å². The van der Waals surface area contributed by atoms with Crippen molar-refractivity contribution in [3.05, 3.63) is 34.9 Å².